The zero-order valence-corrected chi connectivity index (χ0v) is 12.8. The van der Waals surface area contributed by atoms with Gasteiger partial charge in [-0.2, -0.15) is 0 Å². The Morgan fingerprint density at radius 3 is 2.75 bits per heavy atom. The normalized spacial score (nSPS) is 10.8. The van der Waals surface area contributed by atoms with E-state index < -0.39 is 11.6 Å². The summed E-state index contributed by atoms with van der Waals surface area (Å²) in [6, 6.07) is 3.75. The Labute approximate surface area is 128 Å². The SMILES string of the molecule is CCOCc1nc(Cl)cc(-c2c(F)ccc(Br)c2F)n1. The molecule has 106 valence electrons. The van der Waals surface area contributed by atoms with Crippen molar-refractivity contribution >= 4 is 27.5 Å². The van der Waals surface area contributed by atoms with Gasteiger partial charge < -0.3 is 4.74 Å². The van der Waals surface area contributed by atoms with Crippen LogP contribution < -0.4 is 0 Å². The van der Waals surface area contributed by atoms with E-state index in [0.29, 0.717) is 6.61 Å². The minimum atomic E-state index is -0.734. The van der Waals surface area contributed by atoms with Gasteiger partial charge in [0.05, 0.1) is 15.7 Å². The Morgan fingerprint density at radius 1 is 1.30 bits per heavy atom. The average Bonchev–Trinajstić information content (AvgIpc) is 2.41. The second kappa shape index (κ2) is 6.56. The molecule has 0 bridgehead atoms. The Morgan fingerprint density at radius 2 is 2.05 bits per heavy atom. The van der Waals surface area contributed by atoms with E-state index in [2.05, 4.69) is 25.9 Å². The molecule has 0 aliphatic heterocycles. The second-order valence-corrected chi connectivity index (χ2v) is 5.09. The first-order valence-corrected chi connectivity index (χ1v) is 6.95. The highest BCUT2D eigenvalue weighted by Crippen LogP contribution is 2.30. The van der Waals surface area contributed by atoms with E-state index in [1.54, 1.807) is 0 Å². The highest BCUT2D eigenvalue weighted by Gasteiger charge is 2.17. The number of hydrogen-bond donors (Lipinski definition) is 0. The maximum Gasteiger partial charge on any atom is 0.156 e. The summed E-state index contributed by atoms with van der Waals surface area (Å²) in [6.07, 6.45) is 0. The third-order valence-electron chi connectivity index (χ3n) is 2.48. The van der Waals surface area contributed by atoms with E-state index in [4.69, 9.17) is 16.3 Å². The van der Waals surface area contributed by atoms with Crippen LogP contribution in [0.3, 0.4) is 0 Å². The van der Waals surface area contributed by atoms with Gasteiger partial charge in [0.15, 0.2) is 5.82 Å². The van der Waals surface area contributed by atoms with Crippen LogP contribution in [0.15, 0.2) is 22.7 Å². The fraction of sp³-hybridized carbons (Fsp3) is 0.231. The largest absolute Gasteiger partial charge is 0.374 e. The topological polar surface area (TPSA) is 35.0 Å². The highest BCUT2D eigenvalue weighted by molar-refractivity contribution is 9.10. The van der Waals surface area contributed by atoms with Gasteiger partial charge in [-0.3, -0.25) is 0 Å². The minimum absolute atomic E-state index is 0.0796. The van der Waals surface area contributed by atoms with Crippen LogP contribution in [0.2, 0.25) is 5.15 Å². The molecule has 7 heteroatoms. The first-order valence-electron chi connectivity index (χ1n) is 5.78. The van der Waals surface area contributed by atoms with Crippen molar-refractivity contribution in [1.29, 1.82) is 0 Å². The third-order valence-corrected chi connectivity index (χ3v) is 3.28. The van der Waals surface area contributed by atoms with Crippen molar-refractivity contribution < 1.29 is 13.5 Å². The van der Waals surface area contributed by atoms with Crippen molar-refractivity contribution in [1.82, 2.24) is 9.97 Å². The van der Waals surface area contributed by atoms with Crippen LogP contribution in [0, 0.1) is 11.6 Å². The maximum atomic E-state index is 14.0. The second-order valence-electron chi connectivity index (χ2n) is 3.85. The molecule has 1 aromatic carbocycles. The van der Waals surface area contributed by atoms with Crippen LogP contribution in [-0.4, -0.2) is 16.6 Å². The summed E-state index contributed by atoms with van der Waals surface area (Å²) in [5.41, 5.74) is -0.169. The number of nitrogens with zero attached hydrogens (tertiary/aromatic N) is 2. The van der Waals surface area contributed by atoms with E-state index in [0.717, 1.165) is 6.07 Å². The lowest BCUT2D eigenvalue weighted by Gasteiger charge is -2.08. The highest BCUT2D eigenvalue weighted by atomic mass is 79.9. The van der Waals surface area contributed by atoms with Crippen molar-refractivity contribution in [3.05, 3.63) is 45.3 Å². The van der Waals surface area contributed by atoms with Gasteiger partial charge in [0.25, 0.3) is 0 Å². The van der Waals surface area contributed by atoms with Crippen molar-refractivity contribution in [2.24, 2.45) is 0 Å². The molecule has 0 aliphatic rings. The molecule has 0 unspecified atom stereocenters. The molecule has 1 aromatic heterocycles. The maximum absolute atomic E-state index is 14.0. The van der Waals surface area contributed by atoms with Gasteiger partial charge in [-0.25, -0.2) is 18.7 Å². The predicted octanol–water partition coefficient (Wildman–Crippen LogP) is 4.37. The Kier molecular flexibility index (Phi) is 5.01. The molecule has 0 saturated heterocycles. The van der Waals surface area contributed by atoms with Crippen LogP contribution in [0.4, 0.5) is 8.78 Å². The molecule has 1 heterocycles. The molecule has 3 nitrogen and oxygen atoms in total. The van der Waals surface area contributed by atoms with E-state index in [9.17, 15) is 8.78 Å². The summed E-state index contributed by atoms with van der Waals surface area (Å²) >= 11 is 8.87. The Balaban J connectivity index is 2.52. The number of ether oxygens (including phenoxy) is 1. The monoisotopic (exact) mass is 362 g/mol. The quantitative estimate of drug-likeness (QED) is 0.597. The molecule has 0 aliphatic carbocycles. The molecule has 0 N–H and O–H groups in total. The van der Waals surface area contributed by atoms with Gasteiger partial charge in [0.2, 0.25) is 0 Å². The molecule has 0 fully saturated rings. The van der Waals surface area contributed by atoms with Crippen molar-refractivity contribution in [3.63, 3.8) is 0 Å². The smallest absolute Gasteiger partial charge is 0.156 e. The fourth-order valence-corrected chi connectivity index (χ4v) is 2.14. The summed E-state index contributed by atoms with van der Waals surface area (Å²) in [4.78, 5) is 8.03. The molecule has 2 rings (SSSR count). The standard InChI is InChI=1S/C13H10BrClF2N2O/c1-2-20-6-11-18-9(5-10(15)19-11)12-8(16)4-3-7(14)13(12)17/h3-5H,2,6H2,1H3. The lowest BCUT2D eigenvalue weighted by Crippen LogP contribution is -2.02. The summed E-state index contributed by atoms with van der Waals surface area (Å²) in [5, 5.41) is 0.100. The first kappa shape index (κ1) is 15.3. The average molecular weight is 364 g/mol. The summed E-state index contributed by atoms with van der Waals surface area (Å²) < 4.78 is 33.2. The molecule has 0 spiro atoms. The fourth-order valence-electron chi connectivity index (χ4n) is 1.61. The number of aromatic nitrogens is 2. The molecule has 20 heavy (non-hydrogen) atoms. The van der Waals surface area contributed by atoms with Crippen molar-refractivity contribution in [2.45, 2.75) is 13.5 Å². The van der Waals surface area contributed by atoms with Crippen LogP contribution in [-0.2, 0) is 11.3 Å². The Bertz CT molecular complexity index is 640. The number of rotatable bonds is 4. The number of hydrogen-bond acceptors (Lipinski definition) is 3. The molecular formula is C13H10BrClF2N2O. The van der Waals surface area contributed by atoms with Crippen LogP contribution in [0.5, 0.6) is 0 Å². The molecule has 2 aromatic rings. The van der Waals surface area contributed by atoms with E-state index in [1.807, 2.05) is 6.92 Å². The van der Waals surface area contributed by atoms with E-state index in [1.165, 1.54) is 12.1 Å². The lowest BCUT2D eigenvalue weighted by molar-refractivity contribution is 0.128. The Hall–Kier alpha value is -1.11. The van der Waals surface area contributed by atoms with Gasteiger partial charge in [0, 0.05) is 12.7 Å². The van der Waals surface area contributed by atoms with Gasteiger partial charge in [-0.15, -0.1) is 0 Å². The minimum Gasteiger partial charge on any atom is -0.374 e. The van der Waals surface area contributed by atoms with Gasteiger partial charge in [-0.1, -0.05) is 11.6 Å². The molecule has 0 saturated carbocycles. The predicted molar refractivity (Wildman–Crippen MR) is 75.4 cm³/mol. The van der Waals surface area contributed by atoms with Crippen molar-refractivity contribution in [3.8, 4) is 11.3 Å². The molecule has 0 radical (unpaired) electrons. The number of halogens is 4. The van der Waals surface area contributed by atoms with E-state index in [-0.39, 0.29) is 33.3 Å². The van der Waals surface area contributed by atoms with Gasteiger partial charge in [-0.05, 0) is 35.0 Å². The summed E-state index contributed by atoms with van der Waals surface area (Å²) in [7, 11) is 0. The van der Waals surface area contributed by atoms with E-state index >= 15 is 0 Å². The molecular weight excluding hydrogens is 354 g/mol. The zero-order valence-electron chi connectivity index (χ0n) is 10.5. The number of benzene rings is 1. The van der Waals surface area contributed by atoms with Crippen LogP contribution in [0.1, 0.15) is 12.7 Å². The third kappa shape index (κ3) is 3.31. The molecule has 0 atom stereocenters. The summed E-state index contributed by atoms with van der Waals surface area (Å²) in [5.74, 6) is -1.18. The zero-order chi connectivity index (χ0) is 14.7. The summed E-state index contributed by atoms with van der Waals surface area (Å²) in [6.45, 7) is 2.42. The van der Waals surface area contributed by atoms with Gasteiger partial charge in [0.1, 0.15) is 23.4 Å². The lowest BCUT2D eigenvalue weighted by atomic mass is 10.1. The first-order chi connectivity index (χ1) is 9.52. The van der Waals surface area contributed by atoms with Crippen molar-refractivity contribution in [2.75, 3.05) is 6.61 Å². The molecule has 0 amide bonds. The van der Waals surface area contributed by atoms with Crippen LogP contribution >= 0.6 is 27.5 Å². The van der Waals surface area contributed by atoms with Gasteiger partial charge >= 0.3 is 0 Å². The van der Waals surface area contributed by atoms with Crippen LogP contribution in [0.25, 0.3) is 11.3 Å².